The van der Waals surface area contributed by atoms with E-state index in [1.807, 2.05) is 49.4 Å². The minimum absolute atomic E-state index is 0.00419. The summed E-state index contributed by atoms with van der Waals surface area (Å²) < 4.78 is 10.8. The maximum atomic E-state index is 12.0. The third-order valence-electron chi connectivity index (χ3n) is 2.90. The first-order chi connectivity index (χ1) is 9.65. The molecule has 0 spiro atoms. The minimum Gasteiger partial charge on any atom is -0.481 e. The first-order valence-electron chi connectivity index (χ1n) is 6.69. The lowest BCUT2D eigenvalue weighted by molar-refractivity contribution is -0.127. The van der Waals surface area contributed by atoms with Gasteiger partial charge in [-0.15, -0.1) is 0 Å². The molecule has 0 aliphatic rings. The molecule has 0 saturated carbocycles. The van der Waals surface area contributed by atoms with Crippen LogP contribution < -0.4 is 10.1 Å². The number of ether oxygens (including phenoxy) is 1. The zero-order chi connectivity index (χ0) is 14.4. The molecule has 2 rings (SSSR count). The summed E-state index contributed by atoms with van der Waals surface area (Å²) in [4.78, 5) is 12.0. The van der Waals surface area contributed by atoms with E-state index in [1.54, 1.807) is 13.2 Å². The molecular weight excluding hydrogens is 254 g/mol. The van der Waals surface area contributed by atoms with Gasteiger partial charge in [-0.05, 0) is 38.1 Å². The maximum absolute atomic E-state index is 12.0. The number of carbonyl (C=O) groups excluding carboxylic acids is 1. The molecule has 0 bridgehead atoms. The topological polar surface area (TPSA) is 51.5 Å². The third kappa shape index (κ3) is 4.16. The lowest BCUT2D eigenvalue weighted by Gasteiger charge is -2.18. The lowest BCUT2D eigenvalue weighted by Crippen LogP contribution is -2.42. The Balaban J connectivity index is 1.81. The van der Waals surface area contributed by atoms with Gasteiger partial charge in [-0.1, -0.05) is 18.2 Å². The van der Waals surface area contributed by atoms with Crippen molar-refractivity contribution in [1.82, 2.24) is 5.32 Å². The predicted molar refractivity (Wildman–Crippen MR) is 76.5 cm³/mol. The molecule has 0 aliphatic carbocycles. The maximum Gasteiger partial charge on any atom is 0.260 e. The van der Waals surface area contributed by atoms with Crippen LogP contribution in [-0.4, -0.2) is 18.1 Å². The zero-order valence-electron chi connectivity index (χ0n) is 11.7. The summed E-state index contributed by atoms with van der Waals surface area (Å²) in [6, 6.07) is 13.0. The van der Waals surface area contributed by atoms with Crippen molar-refractivity contribution in [3.8, 4) is 5.75 Å². The molecule has 1 aromatic heterocycles. The fourth-order valence-electron chi connectivity index (χ4n) is 1.90. The molecule has 2 atom stereocenters. The highest BCUT2D eigenvalue weighted by Crippen LogP contribution is 2.11. The van der Waals surface area contributed by atoms with E-state index < -0.39 is 6.10 Å². The van der Waals surface area contributed by atoms with Gasteiger partial charge in [0.25, 0.3) is 5.91 Å². The van der Waals surface area contributed by atoms with E-state index in [0.29, 0.717) is 12.2 Å². The van der Waals surface area contributed by atoms with Crippen molar-refractivity contribution in [3.63, 3.8) is 0 Å². The standard InChI is InChI=1S/C16H19NO3/c1-12(11-15-9-6-10-19-15)17-16(18)13(2)20-14-7-4-3-5-8-14/h3-10,12-13H,11H2,1-2H3,(H,17,18)/t12-,13+/m1/s1. The fourth-order valence-corrected chi connectivity index (χ4v) is 1.90. The summed E-state index contributed by atoms with van der Waals surface area (Å²) >= 11 is 0. The van der Waals surface area contributed by atoms with Crippen LogP contribution in [0, 0.1) is 0 Å². The van der Waals surface area contributed by atoms with Gasteiger partial charge in [0.15, 0.2) is 6.10 Å². The number of rotatable bonds is 6. The summed E-state index contributed by atoms with van der Waals surface area (Å²) in [6.07, 6.45) is 1.76. The molecule has 4 nitrogen and oxygen atoms in total. The highest BCUT2D eigenvalue weighted by atomic mass is 16.5. The van der Waals surface area contributed by atoms with Crippen LogP contribution in [0.2, 0.25) is 0 Å². The fraction of sp³-hybridized carbons (Fsp3) is 0.312. The molecule has 0 radical (unpaired) electrons. The first-order valence-corrected chi connectivity index (χ1v) is 6.69. The number of furan rings is 1. The Hall–Kier alpha value is -2.23. The summed E-state index contributed by atoms with van der Waals surface area (Å²) in [5, 5.41) is 2.91. The van der Waals surface area contributed by atoms with Gasteiger partial charge in [-0.25, -0.2) is 0 Å². The smallest absolute Gasteiger partial charge is 0.260 e. The molecule has 0 unspecified atom stereocenters. The molecule has 0 aliphatic heterocycles. The van der Waals surface area contributed by atoms with E-state index >= 15 is 0 Å². The second-order valence-electron chi connectivity index (χ2n) is 4.77. The van der Waals surface area contributed by atoms with E-state index in [4.69, 9.17) is 9.15 Å². The molecule has 0 fully saturated rings. The van der Waals surface area contributed by atoms with Gasteiger partial charge in [0.05, 0.1) is 6.26 Å². The van der Waals surface area contributed by atoms with Crippen molar-refractivity contribution in [2.75, 3.05) is 0 Å². The number of carbonyl (C=O) groups is 1. The Labute approximate surface area is 118 Å². The van der Waals surface area contributed by atoms with E-state index in [9.17, 15) is 4.79 Å². The lowest BCUT2D eigenvalue weighted by atomic mass is 10.2. The van der Waals surface area contributed by atoms with E-state index in [-0.39, 0.29) is 11.9 Å². The minimum atomic E-state index is -0.531. The van der Waals surface area contributed by atoms with Crippen molar-refractivity contribution >= 4 is 5.91 Å². The van der Waals surface area contributed by atoms with E-state index in [2.05, 4.69) is 5.32 Å². The monoisotopic (exact) mass is 273 g/mol. The molecule has 1 heterocycles. The summed E-state index contributed by atoms with van der Waals surface area (Å²) in [5.41, 5.74) is 0. The van der Waals surface area contributed by atoms with Crippen molar-refractivity contribution in [2.24, 2.45) is 0 Å². The van der Waals surface area contributed by atoms with Crippen molar-refractivity contribution in [1.29, 1.82) is 0 Å². The van der Waals surface area contributed by atoms with Crippen LogP contribution in [0.5, 0.6) is 5.75 Å². The van der Waals surface area contributed by atoms with Gasteiger partial charge >= 0.3 is 0 Å². The number of hydrogen-bond acceptors (Lipinski definition) is 3. The molecule has 2 aromatic rings. The average Bonchev–Trinajstić information content (AvgIpc) is 2.92. The van der Waals surface area contributed by atoms with Crippen molar-refractivity contribution in [3.05, 3.63) is 54.5 Å². The Morgan fingerprint density at radius 2 is 1.95 bits per heavy atom. The van der Waals surface area contributed by atoms with Gasteiger partial charge in [-0.2, -0.15) is 0 Å². The molecule has 0 saturated heterocycles. The third-order valence-corrected chi connectivity index (χ3v) is 2.90. The SMILES string of the molecule is C[C@H](Cc1ccco1)NC(=O)[C@H](C)Oc1ccccc1. The van der Waals surface area contributed by atoms with Crippen molar-refractivity contribution < 1.29 is 13.9 Å². The Bertz CT molecular complexity index is 522. The molecular formula is C16H19NO3. The second kappa shape index (κ2) is 6.80. The van der Waals surface area contributed by atoms with Crippen LogP contribution in [0.4, 0.5) is 0 Å². The zero-order valence-corrected chi connectivity index (χ0v) is 11.7. The van der Waals surface area contributed by atoms with Gasteiger partial charge in [0.2, 0.25) is 0 Å². The predicted octanol–water partition coefficient (Wildman–Crippen LogP) is 2.79. The quantitative estimate of drug-likeness (QED) is 0.880. The number of hydrogen-bond donors (Lipinski definition) is 1. The molecule has 1 aromatic carbocycles. The largest absolute Gasteiger partial charge is 0.481 e. The molecule has 20 heavy (non-hydrogen) atoms. The number of para-hydroxylation sites is 1. The number of benzene rings is 1. The van der Waals surface area contributed by atoms with Crippen LogP contribution in [0.1, 0.15) is 19.6 Å². The Kier molecular flexibility index (Phi) is 4.82. The van der Waals surface area contributed by atoms with E-state index in [1.165, 1.54) is 0 Å². The van der Waals surface area contributed by atoms with Crippen LogP contribution in [0.3, 0.4) is 0 Å². The number of amides is 1. The Morgan fingerprint density at radius 1 is 1.20 bits per heavy atom. The first kappa shape index (κ1) is 14.2. The highest BCUT2D eigenvalue weighted by Gasteiger charge is 2.17. The second-order valence-corrected chi connectivity index (χ2v) is 4.77. The summed E-state index contributed by atoms with van der Waals surface area (Å²) in [5.74, 6) is 1.41. The Morgan fingerprint density at radius 3 is 2.60 bits per heavy atom. The van der Waals surface area contributed by atoms with Crippen LogP contribution in [0.15, 0.2) is 53.1 Å². The molecule has 106 valence electrons. The summed E-state index contributed by atoms with van der Waals surface area (Å²) in [7, 11) is 0. The van der Waals surface area contributed by atoms with Gasteiger partial charge in [0.1, 0.15) is 11.5 Å². The molecule has 1 N–H and O–H groups in total. The average molecular weight is 273 g/mol. The van der Waals surface area contributed by atoms with Crippen LogP contribution in [-0.2, 0) is 11.2 Å². The van der Waals surface area contributed by atoms with E-state index in [0.717, 1.165) is 5.76 Å². The number of nitrogens with one attached hydrogen (secondary N) is 1. The van der Waals surface area contributed by atoms with Crippen molar-refractivity contribution in [2.45, 2.75) is 32.4 Å². The van der Waals surface area contributed by atoms with Gasteiger partial charge < -0.3 is 14.5 Å². The van der Waals surface area contributed by atoms with Crippen LogP contribution >= 0.6 is 0 Å². The normalized spacial score (nSPS) is 13.5. The highest BCUT2D eigenvalue weighted by molar-refractivity contribution is 5.81. The van der Waals surface area contributed by atoms with Gasteiger partial charge in [0, 0.05) is 12.5 Å². The van der Waals surface area contributed by atoms with Crippen LogP contribution in [0.25, 0.3) is 0 Å². The van der Waals surface area contributed by atoms with Gasteiger partial charge in [-0.3, -0.25) is 4.79 Å². The summed E-state index contributed by atoms with van der Waals surface area (Å²) in [6.45, 7) is 3.68. The molecule has 1 amide bonds. The molecule has 4 heteroatoms.